The Bertz CT molecular complexity index is 2040. The van der Waals surface area contributed by atoms with E-state index in [1.807, 2.05) is 24.8 Å². The van der Waals surface area contributed by atoms with Crippen molar-refractivity contribution in [1.82, 2.24) is 29.6 Å². The maximum Gasteiger partial charge on any atom is 0.417 e. The molecule has 3 atom stereocenters. The lowest BCUT2D eigenvalue weighted by Crippen LogP contribution is -2.55. The highest BCUT2D eigenvalue weighted by Crippen LogP contribution is 2.50. The minimum Gasteiger partial charge on any atom is -0.353 e. The Morgan fingerprint density at radius 1 is 1.07 bits per heavy atom. The molecule has 8 nitrogen and oxygen atoms in total. The van der Waals surface area contributed by atoms with Crippen LogP contribution < -0.4 is 15.9 Å². The average Bonchev–Trinajstić information content (AvgIpc) is 3.30. The molecule has 5 aromatic rings. The lowest BCUT2D eigenvalue weighted by atomic mass is 9.95. The number of halogens is 6. The Morgan fingerprint density at radius 3 is 2.56 bits per heavy atom. The van der Waals surface area contributed by atoms with Crippen molar-refractivity contribution in [2.75, 3.05) is 23.7 Å². The molecule has 0 saturated carbocycles. The van der Waals surface area contributed by atoms with E-state index >= 15 is 17.6 Å². The van der Waals surface area contributed by atoms with Crippen LogP contribution in [0, 0.1) is 11.6 Å². The summed E-state index contributed by atoms with van der Waals surface area (Å²) in [4.78, 5) is 24.6. The van der Waals surface area contributed by atoms with Gasteiger partial charge in [-0.15, -0.1) is 11.8 Å². The zero-order chi connectivity index (χ0) is 31.8. The monoisotopic (exact) mass is 705 g/mol. The number of benzene rings is 2. The van der Waals surface area contributed by atoms with Gasteiger partial charge < -0.3 is 10.2 Å². The number of rotatable bonds is 3. The first-order chi connectivity index (χ1) is 21.4. The summed E-state index contributed by atoms with van der Waals surface area (Å²) in [5.41, 5.74) is -1.90. The van der Waals surface area contributed by atoms with Crippen molar-refractivity contribution in [3.8, 4) is 11.1 Å². The van der Waals surface area contributed by atoms with Crippen LogP contribution in [0.2, 0.25) is 0 Å². The summed E-state index contributed by atoms with van der Waals surface area (Å²) in [6.07, 6.45) is -1.68. The van der Waals surface area contributed by atoms with E-state index in [-0.39, 0.29) is 50.5 Å². The zero-order valence-electron chi connectivity index (χ0n) is 23.9. The van der Waals surface area contributed by atoms with Crippen molar-refractivity contribution in [2.24, 2.45) is 0 Å². The topological polar surface area (TPSA) is 80.9 Å². The van der Waals surface area contributed by atoms with Gasteiger partial charge in [0, 0.05) is 70.0 Å². The van der Waals surface area contributed by atoms with E-state index in [9.17, 15) is 9.18 Å². The van der Waals surface area contributed by atoms with Gasteiger partial charge >= 0.3 is 11.9 Å². The molecule has 0 unspecified atom stereocenters. The Labute approximate surface area is 265 Å². The maximum absolute atomic E-state index is 15.5. The third-order valence-corrected chi connectivity index (χ3v) is 10.00. The molecule has 2 aliphatic heterocycles. The molecule has 2 aliphatic rings. The number of thioether (sulfide) groups is 1. The summed E-state index contributed by atoms with van der Waals surface area (Å²) >= 11 is 4.08. The van der Waals surface area contributed by atoms with Crippen LogP contribution in [0.15, 0.2) is 56.9 Å². The van der Waals surface area contributed by atoms with Crippen LogP contribution in [0.4, 0.5) is 27.8 Å². The molecular formula is C30H25BrF5N7OS. The van der Waals surface area contributed by atoms with Crippen molar-refractivity contribution >= 4 is 55.4 Å². The van der Waals surface area contributed by atoms with E-state index < -0.39 is 46.2 Å². The van der Waals surface area contributed by atoms with Gasteiger partial charge in [0.2, 0.25) is 0 Å². The lowest BCUT2D eigenvalue weighted by Gasteiger charge is -2.37. The van der Waals surface area contributed by atoms with Crippen molar-refractivity contribution in [1.29, 1.82) is 0 Å². The number of piperazine rings is 1. The molecule has 1 fully saturated rings. The summed E-state index contributed by atoms with van der Waals surface area (Å²) < 4.78 is 77.6. The molecule has 0 bridgehead atoms. The van der Waals surface area contributed by atoms with Gasteiger partial charge in [0.15, 0.2) is 5.65 Å². The number of hydrogen-bond acceptors (Lipinski definition) is 7. The zero-order valence-corrected chi connectivity index (χ0v) is 26.3. The van der Waals surface area contributed by atoms with Gasteiger partial charge in [-0.05, 0) is 54.0 Å². The van der Waals surface area contributed by atoms with Gasteiger partial charge in [0.25, 0.3) is 0 Å². The maximum atomic E-state index is 15.5. The van der Waals surface area contributed by atoms with Crippen molar-refractivity contribution in [3.05, 3.63) is 74.9 Å². The molecule has 0 amide bonds. The SMILES string of the molecule is C[C@@H]1CN(c2nc(=O)n3c4c(c(-c5cc(Br)c(F)cc5F)c(C(F)(F)F)cc24)SC[C@@H](n2ncc4cccnc42)C3)C[C@H](C)N1. The number of nitrogens with zero attached hydrogens (tertiary/aromatic N) is 6. The van der Waals surface area contributed by atoms with Crippen molar-refractivity contribution in [3.63, 3.8) is 0 Å². The lowest BCUT2D eigenvalue weighted by molar-refractivity contribution is -0.137. The first kappa shape index (κ1) is 30.1. The predicted molar refractivity (Wildman–Crippen MR) is 166 cm³/mol. The number of alkyl halides is 3. The number of anilines is 1. The Balaban J connectivity index is 1.55. The van der Waals surface area contributed by atoms with E-state index in [2.05, 4.69) is 36.3 Å². The van der Waals surface area contributed by atoms with E-state index in [1.165, 1.54) is 4.57 Å². The second-order valence-corrected chi connectivity index (χ2v) is 13.3. The molecule has 234 valence electrons. The summed E-state index contributed by atoms with van der Waals surface area (Å²) in [5, 5.41) is 8.77. The predicted octanol–water partition coefficient (Wildman–Crippen LogP) is 6.40. The molecule has 5 heterocycles. The molecule has 0 aliphatic carbocycles. The van der Waals surface area contributed by atoms with Gasteiger partial charge in [-0.1, -0.05) is 0 Å². The molecular weight excluding hydrogens is 681 g/mol. The summed E-state index contributed by atoms with van der Waals surface area (Å²) in [7, 11) is 0. The van der Waals surface area contributed by atoms with E-state index in [4.69, 9.17) is 0 Å². The minimum absolute atomic E-state index is 0.0189. The second kappa shape index (κ2) is 11.1. The highest BCUT2D eigenvalue weighted by atomic mass is 79.9. The Kier molecular flexibility index (Phi) is 7.40. The molecule has 15 heteroatoms. The molecule has 3 aromatic heterocycles. The molecule has 0 spiro atoms. The molecule has 1 N–H and O–H groups in total. The fourth-order valence-electron chi connectivity index (χ4n) is 6.39. The number of fused-ring (bicyclic) bond motifs is 1. The third-order valence-electron chi connectivity index (χ3n) is 8.15. The molecule has 7 rings (SSSR count). The highest BCUT2D eigenvalue weighted by molar-refractivity contribution is 9.10. The minimum atomic E-state index is -4.93. The smallest absolute Gasteiger partial charge is 0.353 e. The summed E-state index contributed by atoms with van der Waals surface area (Å²) in [6.45, 7) is 4.75. The third kappa shape index (κ3) is 5.18. The molecule has 2 aromatic carbocycles. The molecule has 1 saturated heterocycles. The number of pyridine rings is 1. The van der Waals surface area contributed by atoms with E-state index in [0.29, 0.717) is 24.8 Å². The average molecular weight is 707 g/mol. The molecule has 45 heavy (non-hydrogen) atoms. The van der Waals surface area contributed by atoms with Crippen LogP contribution in [0.3, 0.4) is 0 Å². The van der Waals surface area contributed by atoms with Crippen LogP contribution in [-0.2, 0) is 12.7 Å². The number of hydrogen-bond donors (Lipinski definition) is 1. The summed E-state index contributed by atoms with van der Waals surface area (Å²) in [5.74, 6) is -1.80. The number of nitrogens with one attached hydrogen (secondary N) is 1. The van der Waals surface area contributed by atoms with Crippen LogP contribution >= 0.6 is 27.7 Å². The van der Waals surface area contributed by atoms with Gasteiger partial charge in [-0.2, -0.15) is 23.3 Å². The van der Waals surface area contributed by atoms with Gasteiger partial charge in [0.05, 0.1) is 34.3 Å². The molecule has 0 radical (unpaired) electrons. The first-order valence-electron chi connectivity index (χ1n) is 14.2. The van der Waals surface area contributed by atoms with E-state index in [0.717, 1.165) is 29.3 Å². The van der Waals surface area contributed by atoms with Crippen molar-refractivity contribution in [2.45, 2.75) is 49.6 Å². The van der Waals surface area contributed by atoms with Crippen molar-refractivity contribution < 1.29 is 22.0 Å². The largest absolute Gasteiger partial charge is 0.417 e. The fraction of sp³-hybridized carbons (Fsp3) is 0.333. The quantitative estimate of drug-likeness (QED) is 0.172. The Hall–Kier alpha value is -3.56. The van der Waals surface area contributed by atoms with Crippen LogP contribution in [0.1, 0.15) is 25.5 Å². The van der Waals surface area contributed by atoms with Crippen LogP contribution in [0.5, 0.6) is 0 Å². The van der Waals surface area contributed by atoms with Crippen LogP contribution in [-0.4, -0.2) is 55.2 Å². The summed E-state index contributed by atoms with van der Waals surface area (Å²) in [6, 6.07) is 5.56. The standard InChI is InChI=1S/C30H25BrF5N7OS/c1-14-10-41(11-15(2)39-14)28-19-6-20(30(34,35)36)24(18-7-21(31)23(33)8-22(18)32)26-25(19)42(29(44)40-28)12-17(13-45-26)43-27-16(9-38-43)4-3-5-37-27/h3-9,14-15,17,39H,10-13H2,1-2H3/t14-,15+,17-/m0/s1. The van der Waals surface area contributed by atoms with Gasteiger partial charge in [0.1, 0.15) is 17.5 Å². The number of aromatic nitrogens is 5. The van der Waals surface area contributed by atoms with Gasteiger partial charge in [-0.3, -0.25) is 4.57 Å². The first-order valence-corrected chi connectivity index (χ1v) is 15.9. The van der Waals surface area contributed by atoms with E-state index in [1.54, 1.807) is 23.1 Å². The normalized spacial score (nSPS) is 20.6. The van der Waals surface area contributed by atoms with Crippen LogP contribution in [0.25, 0.3) is 33.1 Å². The van der Waals surface area contributed by atoms with Gasteiger partial charge in [-0.25, -0.2) is 23.2 Å². The highest BCUT2D eigenvalue weighted by Gasteiger charge is 2.40. The second-order valence-electron chi connectivity index (χ2n) is 11.4. The Morgan fingerprint density at radius 2 is 1.82 bits per heavy atom. The fourth-order valence-corrected chi connectivity index (χ4v) is 8.06.